The monoisotopic (exact) mass is 356 g/mol. The number of rotatable bonds is 2. The molecule has 0 saturated heterocycles. The average molecular weight is 357 g/mol. The summed E-state index contributed by atoms with van der Waals surface area (Å²) in [5.74, 6) is 0.646. The molecule has 1 saturated carbocycles. The molecule has 22 heavy (non-hydrogen) atoms. The predicted molar refractivity (Wildman–Crippen MR) is 101 cm³/mol. The lowest BCUT2D eigenvalue weighted by molar-refractivity contribution is 0.308. The van der Waals surface area contributed by atoms with Gasteiger partial charge in [-0.25, -0.2) is 0 Å². The predicted octanol–water partition coefficient (Wildman–Crippen LogP) is 3.58. The third-order valence-corrected chi connectivity index (χ3v) is 4.50. The van der Waals surface area contributed by atoms with E-state index in [0.29, 0.717) is 27.2 Å². The van der Waals surface area contributed by atoms with Gasteiger partial charge >= 0.3 is 0 Å². The van der Waals surface area contributed by atoms with E-state index in [4.69, 9.17) is 36.0 Å². The Bertz CT molecular complexity index is 521. The van der Waals surface area contributed by atoms with Crippen molar-refractivity contribution in [2.45, 2.75) is 38.6 Å². The summed E-state index contributed by atoms with van der Waals surface area (Å²) < 4.78 is 0. The summed E-state index contributed by atoms with van der Waals surface area (Å²) in [5.41, 5.74) is 6.67. The molecule has 2 rings (SSSR count). The highest BCUT2D eigenvalue weighted by Gasteiger charge is 2.21. The first-order valence-electron chi connectivity index (χ1n) is 7.43. The summed E-state index contributed by atoms with van der Waals surface area (Å²) in [6, 6.07) is 7.76. The van der Waals surface area contributed by atoms with Crippen molar-refractivity contribution in [3.8, 4) is 0 Å². The first kappa shape index (κ1) is 17.2. The second-order valence-electron chi connectivity index (χ2n) is 5.55. The lowest BCUT2D eigenvalue weighted by Crippen LogP contribution is -2.52. The van der Waals surface area contributed by atoms with E-state index in [1.807, 2.05) is 12.1 Å². The summed E-state index contributed by atoms with van der Waals surface area (Å²) in [5, 5.41) is 8.10. The fourth-order valence-corrected chi connectivity index (χ4v) is 3.04. The Morgan fingerprint density at radius 1 is 1.05 bits per heavy atom. The lowest BCUT2D eigenvalue weighted by Gasteiger charge is -2.30. The molecule has 7 heteroatoms. The molecule has 0 radical (unpaired) electrons. The minimum Gasteiger partial charge on any atom is -0.358 e. The highest BCUT2D eigenvalue weighted by atomic mass is 35.5. The Morgan fingerprint density at radius 3 is 2.36 bits per heavy atom. The van der Waals surface area contributed by atoms with Crippen molar-refractivity contribution in [1.82, 2.24) is 16.2 Å². The second-order valence-corrected chi connectivity index (χ2v) is 6.81. The van der Waals surface area contributed by atoms with Crippen LogP contribution < -0.4 is 21.5 Å². The van der Waals surface area contributed by atoms with E-state index in [0.717, 1.165) is 12.1 Å². The Labute approximate surface area is 147 Å². The van der Waals surface area contributed by atoms with Crippen LogP contribution in [0.25, 0.3) is 0 Å². The molecule has 1 aromatic rings. The zero-order valence-electron chi connectivity index (χ0n) is 12.5. The van der Waals surface area contributed by atoms with Crippen LogP contribution in [0, 0.1) is 5.92 Å². The van der Waals surface area contributed by atoms with Gasteiger partial charge in [0.2, 0.25) is 0 Å². The van der Waals surface area contributed by atoms with Crippen molar-refractivity contribution in [3.05, 3.63) is 29.3 Å². The maximum atomic E-state index is 5.84. The van der Waals surface area contributed by atoms with Crippen molar-refractivity contribution in [1.29, 1.82) is 0 Å². The van der Waals surface area contributed by atoms with Crippen molar-refractivity contribution >= 4 is 51.9 Å². The standard InChI is InChI=1S/C15H21ClN4S2/c1-10-4-2-3-5-13(10)18-15(22)20-19-14(21)17-12-8-6-11(16)7-9-12/h6-10,13H,2-5H2,1H3,(H2,17,19,21)(H2,18,20,22)/t10-,13-/m0/s1. The minimum absolute atomic E-state index is 0.438. The van der Waals surface area contributed by atoms with Crippen molar-refractivity contribution in [3.63, 3.8) is 0 Å². The van der Waals surface area contributed by atoms with Gasteiger partial charge in [0.1, 0.15) is 0 Å². The molecule has 4 nitrogen and oxygen atoms in total. The minimum atomic E-state index is 0.438. The molecule has 0 heterocycles. The lowest BCUT2D eigenvalue weighted by atomic mass is 9.86. The number of thiocarbonyl (C=S) groups is 2. The number of hydrogen-bond donors (Lipinski definition) is 4. The molecule has 1 aliphatic carbocycles. The Balaban J connectivity index is 1.71. The van der Waals surface area contributed by atoms with Gasteiger partial charge < -0.3 is 10.6 Å². The Hall–Kier alpha value is -1.11. The summed E-state index contributed by atoms with van der Waals surface area (Å²) in [4.78, 5) is 0. The number of hydrogen-bond acceptors (Lipinski definition) is 2. The van der Waals surface area contributed by atoms with Crippen molar-refractivity contribution in [2.75, 3.05) is 5.32 Å². The van der Waals surface area contributed by atoms with Crippen LogP contribution in [0.5, 0.6) is 0 Å². The zero-order valence-corrected chi connectivity index (χ0v) is 14.9. The third-order valence-electron chi connectivity index (χ3n) is 3.82. The molecule has 120 valence electrons. The van der Waals surface area contributed by atoms with Crippen LogP contribution in [0.15, 0.2) is 24.3 Å². The highest BCUT2D eigenvalue weighted by molar-refractivity contribution is 7.80. The van der Waals surface area contributed by atoms with Gasteiger partial charge in [-0.2, -0.15) is 0 Å². The van der Waals surface area contributed by atoms with E-state index >= 15 is 0 Å². The van der Waals surface area contributed by atoms with Crippen LogP contribution in [0.2, 0.25) is 5.02 Å². The number of nitrogens with one attached hydrogen (secondary N) is 4. The molecule has 1 aromatic carbocycles. The summed E-state index contributed by atoms with van der Waals surface area (Å²) in [6.45, 7) is 2.26. The second kappa shape index (κ2) is 8.50. The van der Waals surface area contributed by atoms with Gasteiger partial charge in [0.15, 0.2) is 10.2 Å². The maximum Gasteiger partial charge on any atom is 0.189 e. The molecule has 0 spiro atoms. The normalized spacial score (nSPS) is 20.8. The highest BCUT2D eigenvalue weighted by Crippen LogP contribution is 2.23. The third kappa shape index (κ3) is 5.59. The van der Waals surface area contributed by atoms with Gasteiger partial charge in [0.25, 0.3) is 0 Å². The molecule has 2 atom stereocenters. The zero-order chi connectivity index (χ0) is 15.9. The van der Waals surface area contributed by atoms with Crippen molar-refractivity contribution in [2.24, 2.45) is 5.92 Å². The van der Waals surface area contributed by atoms with Gasteiger partial charge in [-0.15, -0.1) is 0 Å². The average Bonchev–Trinajstić information content (AvgIpc) is 2.50. The van der Waals surface area contributed by atoms with Crippen molar-refractivity contribution < 1.29 is 0 Å². The number of hydrazine groups is 1. The molecule has 1 aliphatic rings. The summed E-state index contributed by atoms with van der Waals surface area (Å²) >= 11 is 16.3. The van der Waals surface area contributed by atoms with Gasteiger partial charge in [-0.05, 0) is 67.5 Å². The van der Waals surface area contributed by atoms with Gasteiger partial charge in [0, 0.05) is 16.8 Å². The van der Waals surface area contributed by atoms with Crippen LogP contribution in [0.3, 0.4) is 0 Å². The van der Waals surface area contributed by atoms with E-state index in [1.54, 1.807) is 12.1 Å². The van der Waals surface area contributed by atoms with Crippen LogP contribution in [-0.4, -0.2) is 16.3 Å². The molecular formula is C15H21ClN4S2. The Kier molecular flexibility index (Phi) is 6.67. The fourth-order valence-electron chi connectivity index (χ4n) is 2.54. The first-order chi connectivity index (χ1) is 10.5. The molecule has 1 fully saturated rings. The van der Waals surface area contributed by atoms with Crippen LogP contribution in [0.1, 0.15) is 32.6 Å². The van der Waals surface area contributed by atoms with E-state index in [1.165, 1.54) is 19.3 Å². The summed E-state index contributed by atoms with van der Waals surface area (Å²) in [6.07, 6.45) is 4.99. The van der Waals surface area contributed by atoms with Gasteiger partial charge in [-0.3, -0.25) is 10.9 Å². The molecule has 0 aromatic heterocycles. The van der Waals surface area contributed by atoms with Gasteiger partial charge in [0.05, 0.1) is 0 Å². The summed E-state index contributed by atoms with van der Waals surface area (Å²) in [7, 11) is 0. The van der Waals surface area contributed by atoms with E-state index in [9.17, 15) is 0 Å². The molecule has 4 N–H and O–H groups in total. The molecular weight excluding hydrogens is 336 g/mol. The van der Waals surface area contributed by atoms with Crippen LogP contribution in [0.4, 0.5) is 5.69 Å². The van der Waals surface area contributed by atoms with E-state index < -0.39 is 0 Å². The largest absolute Gasteiger partial charge is 0.358 e. The van der Waals surface area contributed by atoms with E-state index in [-0.39, 0.29) is 0 Å². The quantitative estimate of drug-likeness (QED) is 0.480. The van der Waals surface area contributed by atoms with Crippen LogP contribution >= 0.6 is 36.0 Å². The smallest absolute Gasteiger partial charge is 0.189 e. The molecule has 0 bridgehead atoms. The van der Waals surface area contributed by atoms with Crippen LogP contribution in [-0.2, 0) is 0 Å². The molecule has 0 unspecified atom stereocenters. The number of anilines is 1. The Morgan fingerprint density at radius 2 is 1.68 bits per heavy atom. The number of halogens is 1. The SMILES string of the molecule is C[C@H]1CCCC[C@@H]1NC(=S)NNC(=S)Nc1ccc(Cl)cc1. The molecule has 0 aliphatic heterocycles. The first-order valence-corrected chi connectivity index (χ1v) is 8.63. The van der Waals surface area contributed by atoms with E-state index in [2.05, 4.69) is 28.4 Å². The fraction of sp³-hybridized carbons (Fsp3) is 0.467. The maximum absolute atomic E-state index is 5.84. The molecule has 0 amide bonds. The topological polar surface area (TPSA) is 48.1 Å². The number of benzene rings is 1. The van der Waals surface area contributed by atoms with Gasteiger partial charge in [-0.1, -0.05) is 31.4 Å².